The molecule has 0 spiro atoms. The van der Waals surface area contributed by atoms with Crippen LogP contribution in [0.25, 0.3) is 0 Å². The summed E-state index contributed by atoms with van der Waals surface area (Å²) in [5, 5.41) is 6.97. The number of hydrogen-bond donors (Lipinski definition) is 2. The van der Waals surface area contributed by atoms with E-state index in [2.05, 4.69) is 44.1 Å². The highest BCUT2D eigenvalue weighted by Crippen LogP contribution is 2.24. The second-order valence-corrected chi connectivity index (χ2v) is 7.50. The minimum Gasteiger partial charge on any atom is -0.497 e. The zero-order valence-electron chi connectivity index (χ0n) is 18.7. The molecule has 0 bridgehead atoms. The summed E-state index contributed by atoms with van der Waals surface area (Å²) in [6.07, 6.45) is 7.72. The molecule has 0 amide bonds. The molecule has 31 heavy (non-hydrogen) atoms. The lowest BCUT2D eigenvalue weighted by Crippen LogP contribution is -2.44. The molecule has 9 heteroatoms. The Morgan fingerprint density at radius 1 is 1.23 bits per heavy atom. The van der Waals surface area contributed by atoms with Crippen molar-refractivity contribution in [1.82, 2.24) is 25.1 Å². The van der Waals surface area contributed by atoms with Gasteiger partial charge in [-0.15, -0.1) is 24.0 Å². The van der Waals surface area contributed by atoms with E-state index >= 15 is 0 Å². The number of nitrogens with one attached hydrogen (secondary N) is 2. The molecule has 1 aromatic carbocycles. The van der Waals surface area contributed by atoms with Crippen molar-refractivity contribution in [1.29, 1.82) is 0 Å². The average Bonchev–Trinajstić information content (AvgIpc) is 3.43. The number of nitrogens with zero attached hydrogens (tertiary/aromatic N) is 4. The molecule has 3 rings (SSSR count). The Labute approximate surface area is 202 Å². The first-order valence-electron chi connectivity index (χ1n) is 10.6. The fourth-order valence-electron chi connectivity index (χ4n) is 3.69. The van der Waals surface area contributed by atoms with Crippen molar-refractivity contribution in [3.8, 4) is 11.5 Å². The minimum absolute atomic E-state index is 0. The van der Waals surface area contributed by atoms with Crippen LogP contribution in [-0.4, -0.2) is 66.9 Å². The van der Waals surface area contributed by atoms with Crippen LogP contribution < -0.4 is 20.1 Å². The first-order valence-corrected chi connectivity index (χ1v) is 10.6. The molecular weight excluding hydrogens is 507 g/mol. The van der Waals surface area contributed by atoms with E-state index < -0.39 is 0 Å². The first kappa shape index (κ1) is 25.3. The van der Waals surface area contributed by atoms with Gasteiger partial charge in [0, 0.05) is 63.8 Å². The van der Waals surface area contributed by atoms with Crippen LogP contribution in [0.4, 0.5) is 0 Å². The summed E-state index contributed by atoms with van der Waals surface area (Å²) in [4.78, 5) is 11.3. The van der Waals surface area contributed by atoms with E-state index in [0.29, 0.717) is 6.04 Å². The number of benzene rings is 1. The summed E-state index contributed by atoms with van der Waals surface area (Å²) in [6, 6.07) is 6.46. The van der Waals surface area contributed by atoms with Crippen LogP contribution in [0.15, 0.2) is 41.9 Å². The van der Waals surface area contributed by atoms with Crippen LogP contribution in [0.1, 0.15) is 25.3 Å². The summed E-state index contributed by atoms with van der Waals surface area (Å²) in [6.45, 7) is 7.59. The Hall–Kier alpha value is -2.01. The van der Waals surface area contributed by atoms with Gasteiger partial charge in [-0.05, 0) is 37.5 Å². The third-order valence-electron chi connectivity index (χ3n) is 5.18. The molecular formula is C22H35IN6O2. The number of rotatable bonds is 10. The molecule has 1 unspecified atom stereocenters. The van der Waals surface area contributed by atoms with Crippen LogP contribution in [0.3, 0.4) is 0 Å². The molecule has 1 fully saturated rings. The van der Waals surface area contributed by atoms with E-state index in [1.165, 1.54) is 5.56 Å². The minimum atomic E-state index is 0. The summed E-state index contributed by atoms with van der Waals surface area (Å²) in [5.74, 6) is 2.56. The van der Waals surface area contributed by atoms with E-state index in [1.54, 1.807) is 14.2 Å². The van der Waals surface area contributed by atoms with E-state index in [1.807, 2.05) is 24.8 Å². The molecule has 1 aromatic heterocycles. The van der Waals surface area contributed by atoms with Crippen molar-refractivity contribution < 1.29 is 9.47 Å². The number of halogens is 1. The lowest BCUT2D eigenvalue weighted by Gasteiger charge is -2.19. The highest BCUT2D eigenvalue weighted by atomic mass is 127. The predicted molar refractivity (Wildman–Crippen MR) is 135 cm³/mol. The molecule has 8 nitrogen and oxygen atoms in total. The topological polar surface area (TPSA) is 75.9 Å². The lowest BCUT2D eigenvalue weighted by atomic mass is 10.2. The molecule has 172 valence electrons. The molecule has 1 aliphatic heterocycles. The van der Waals surface area contributed by atoms with Gasteiger partial charge in [0.15, 0.2) is 5.96 Å². The number of aromatic nitrogens is 2. The number of hydrogen-bond acceptors (Lipinski definition) is 5. The largest absolute Gasteiger partial charge is 0.497 e. The quantitative estimate of drug-likeness (QED) is 0.208. The molecule has 0 saturated carbocycles. The van der Waals surface area contributed by atoms with E-state index in [0.717, 1.165) is 69.6 Å². The van der Waals surface area contributed by atoms with Crippen molar-refractivity contribution in [2.24, 2.45) is 4.99 Å². The predicted octanol–water partition coefficient (Wildman–Crippen LogP) is 2.74. The summed E-state index contributed by atoms with van der Waals surface area (Å²) in [5.41, 5.74) is 1.20. The van der Waals surface area contributed by atoms with Gasteiger partial charge in [0.25, 0.3) is 0 Å². The SMILES string of the molecule is CCNC(=NCCCn1ccnc1)NC1CCN(Cc2cc(OC)cc(OC)c2)C1.I. The number of methoxy groups -OCH3 is 2. The van der Waals surface area contributed by atoms with Crippen molar-refractivity contribution in [3.63, 3.8) is 0 Å². The summed E-state index contributed by atoms with van der Waals surface area (Å²) >= 11 is 0. The van der Waals surface area contributed by atoms with E-state index in [4.69, 9.17) is 14.5 Å². The second kappa shape index (κ2) is 13.4. The Morgan fingerprint density at radius 2 is 2.00 bits per heavy atom. The molecule has 2 heterocycles. The van der Waals surface area contributed by atoms with Gasteiger partial charge in [-0.3, -0.25) is 9.89 Å². The number of aliphatic imine (C=N–C) groups is 1. The fraction of sp³-hybridized carbons (Fsp3) is 0.545. The summed E-state index contributed by atoms with van der Waals surface area (Å²) < 4.78 is 12.9. The van der Waals surface area contributed by atoms with Crippen molar-refractivity contribution >= 4 is 29.9 Å². The van der Waals surface area contributed by atoms with Gasteiger partial charge >= 0.3 is 0 Å². The number of guanidine groups is 1. The molecule has 2 N–H and O–H groups in total. The van der Waals surface area contributed by atoms with Crippen LogP contribution >= 0.6 is 24.0 Å². The van der Waals surface area contributed by atoms with Gasteiger partial charge in [-0.1, -0.05) is 0 Å². The average molecular weight is 542 g/mol. The number of ether oxygens (including phenoxy) is 2. The Balaban J connectivity index is 0.00000341. The fourth-order valence-corrected chi connectivity index (χ4v) is 3.69. The van der Waals surface area contributed by atoms with Gasteiger partial charge < -0.3 is 24.7 Å². The maximum atomic E-state index is 5.39. The van der Waals surface area contributed by atoms with Crippen LogP contribution in [0, 0.1) is 0 Å². The zero-order valence-corrected chi connectivity index (χ0v) is 21.0. The van der Waals surface area contributed by atoms with Gasteiger partial charge in [0.1, 0.15) is 11.5 Å². The normalized spacial score (nSPS) is 16.6. The third kappa shape index (κ3) is 8.21. The number of likely N-dealkylation sites (tertiary alicyclic amines) is 1. The molecule has 1 atom stereocenters. The van der Waals surface area contributed by atoms with E-state index in [-0.39, 0.29) is 24.0 Å². The Morgan fingerprint density at radius 3 is 2.65 bits per heavy atom. The maximum Gasteiger partial charge on any atom is 0.191 e. The van der Waals surface area contributed by atoms with Gasteiger partial charge in [-0.2, -0.15) is 0 Å². The molecule has 1 saturated heterocycles. The van der Waals surface area contributed by atoms with Gasteiger partial charge in [-0.25, -0.2) is 4.98 Å². The highest BCUT2D eigenvalue weighted by molar-refractivity contribution is 14.0. The maximum absolute atomic E-state index is 5.39. The van der Waals surface area contributed by atoms with E-state index in [9.17, 15) is 0 Å². The monoisotopic (exact) mass is 542 g/mol. The molecule has 2 aromatic rings. The van der Waals surface area contributed by atoms with Crippen LogP contribution in [-0.2, 0) is 13.1 Å². The van der Waals surface area contributed by atoms with Crippen molar-refractivity contribution in [3.05, 3.63) is 42.5 Å². The van der Waals surface area contributed by atoms with Crippen molar-refractivity contribution in [2.45, 2.75) is 38.9 Å². The number of imidazole rings is 1. The molecule has 1 aliphatic rings. The molecule has 0 radical (unpaired) electrons. The zero-order chi connectivity index (χ0) is 21.2. The Kier molecular flexibility index (Phi) is 10.9. The Bertz CT molecular complexity index is 777. The highest BCUT2D eigenvalue weighted by Gasteiger charge is 2.23. The third-order valence-corrected chi connectivity index (χ3v) is 5.18. The summed E-state index contributed by atoms with van der Waals surface area (Å²) in [7, 11) is 3.37. The lowest BCUT2D eigenvalue weighted by molar-refractivity contribution is 0.321. The smallest absolute Gasteiger partial charge is 0.191 e. The van der Waals surface area contributed by atoms with Crippen LogP contribution in [0.2, 0.25) is 0 Å². The first-order chi connectivity index (χ1) is 14.7. The number of aryl methyl sites for hydroxylation is 1. The van der Waals surface area contributed by atoms with Crippen LogP contribution in [0.5, 0.6) is 11.5 Å². The standard InChI is InChI=1S/C22H34N6O2.HI/c1-4-24-22(25-7-5-9-27-11-8-23-17-27)26-19-6-10-28(16-19)15-18-12-20(29-2)14-21(13-18)30-3;/h8,11-14,17,19H,4-7,9-10,15-16H2,1-3H3,(H2,24,25,26);1H. The van der Waals surface area contributed by atoms with Gasteiger partial charge in [0.05, 0.1) is 20.5 Å². The van der Waals surface area contributed by atoms with Crippen molar-refractivity contribution in [2.75, 3.05) is 40.4 Å². The molecule has 0 aliphatic carbocycles. The second-order valence-electron chi connectivity index (χ2n) is 7.50. The van der Waals surface area contributed by atoms with Gasteiger partial charge in [0.2, 0.25) is 0 Å².